The molecule has 0 aliphatic heterocycles. The molecular formula is C26H37ClN2O6. The quantitative estimate of drug-likeness (QED) is 0.327. The van der Waals surface area contributed by atoms with Gasteiger partial charge in [0.25, 0.3) is 5.91 Å². The monoisotopic (exact) mass is 508 g/mol. The largest absolute Gasteiger partial charge is 0.487 e. The summed E-state index contributed by atoms with van der Waals surface area (Å²) in [5, 5.41) is 14.4. The van der Waals surface area contributed by atoms with Crippen LogP contribution >= 0.6 is 11.6 Å². The average molecular weight is 509 g/mol. The summed E-state index contributed by atoms with van der Waals surface area (Å²) in [5.41, 5.74) is -0.146. The molecule has 2 N–H and O–H groups in total. The number of unbranched alkanes of at least 4 members (excludes halogenated alkanes) is 1. The topological polar surface area (TPSA) is 99.0 Å². The Hall–Kier alpha value is -2.39. The number of hydrogen-bond donors (Lipinski definition) is 2. The molecule has 0 saturated heterocycles. The maximum absolute atomic E-state index is 13.5. The number of methoxy groups -OCH3 is 2. The molecule has 0 aliphatic carbocycles. The van der Waals surface area contributed by atoms with Crippen LogP contribution in [0.4, 0.5) is 0 Å². The van der Waals surface area contributed by atoms with Gasteiger partial charge in [-0.15, -0.1) is 0 Å². The third-order valence-corrected chi connectivity index (χ3v) is 5.79. The van der Waals surface area contributed by atoms with Crippen molar-refractivity contribution in [1.82, 2.24) is 9.88 Å². The molecule has 1 aromatic heterocycles. The maximum Gasteiger partial charge on any atom is 0.272 e. The van der Waals surface area contributed by atoms with Gasteiger partial charge in [0.2, 0.25) is 5.43 Å². The van der Waals surface area contributed by atoms with E-state index < -0.39 is 29.1 Å². The summed E-state index contributed by atoms with van der Waals surface area (Å²) in [6.07, 6.45) is 1.27. The van der Waals surface area contributed by atoms with Gasteiger partial charge in [0.1, 0.15) is 0 Å². The Balaban J connectivity index is 2.62. The summed E-state index contributed by atoms with van der Waals surface area (Å²) in [5.74, 6) is -0.606. The van der Waals surface area contributed by atoms with Crippen LogP contribution in [0.5, 0.6) is 5.75 Å². The molecule has 194 valence electrons. The first-order valence-corrected chi connectivity index (χ1v) is 12.1. The molecule has 2 rings (SSSR count). The summed E-state index contributed by atoms with van der Waals surface area (Å²) >= 11 is 6.06. The van der Waals surface area contributed by atoms with Crippen LogP contribution < -0.4 is 15.5 Å². The zero-order valence-corrected chi connectivity index (χ0v) is 22.1. The minimum Gasteiger partial charge on any atom is -0.487 e. The second-order valence-corrected chi connectivity index (χ2v) is 9.86. The second kappa shape index (κ2) is 13.1. The summed E-state index contributed by atoms with van der Waals surface area (Å²) in [7, 11) is 2.97. The number of hydrogen-bond acceptors (Lipinski definition) is 6. The van der Waals surface area contributed by atoms with Crippen LogP contribution in [-0.2, 0) is 22.6 Å². The van der Waals surface area contributed by atoms with E-state index in [9.17, 15) is 14.7 Å². The average Bonchev–Trinajstić information content (AvgIpc) is 2.81. The van der Waals surface area contributed by atoms with Gasteiger partial charge in [-0.2, -0.15) is 0 Å². The number of rotatable bonds is 12. The third kappa shape index (κ3) is 7.80. The highest BCUT2D eigenvalue weighted by atomic mass is 35.5. The zero-order valence-electron chi connectivity index (χ0n) is 21.4. The molecule has 0 spiro atoms. The van der Waals surface area contributed by atoms with Gasteiger partial charge < -0.3 is 29.2 Å². The normalized spacial score (nSPS) is 12.6. The number of nitrogens with one attached hydrogen (secondary N) is 1. The van der Waals surface area contributed by atoms with E-state index in [-0.39, 0.29) is 36.7 Å². The smallest absolute Gasteiger partial charge is 0.272 e. The minimum atomic E-state index is -1.08. The standard InChI is InChI=1S/C26H37ClN2O6/c1-7-8-12-35-23-21(25(32)28-14-17-10-9-11-18(27)13-17)29(16-20(33-5)34-6)15-19(22(23)30)24(31)26(2,3)4/h9-11,13,15,20,24,31H,7-8,12,14,16H2,1-6H3,(H,28,32). The van der Waals surface area contributed by atoms with Crippen molar-refractivity contribution in [1.29, 1.82) is 0 Å². The molecular weight excluding hydrogens is 472 g/mol. The summed E-state index contributed by atoms with van der Waals surface area (Å²) < 4.78 is 18.1. The van der Waals surface area contributed by atoms with Crippen molar-refractivity contribution in [3.63, 3.8) is 0 Å². The first-order chi connectivity index (χ1) is 16.5. The Bertz CT molecular complexity index is 1040. The molecule has 1 atom stereocenters. The molecule has 1 unspecified atom stereocenters. The number of nitrogens with zero attached hydrogens (tertiary/aromatic N) is 1. The molecule has 0 bridgehead atoms. The number of pyridine rings is 1. The van der Waals surface area contributed by atoms with Crippen LogP contribution in [0.2, 0.25) is 5.02 Å². The molecule has 9 heteroatoms. The van der Waals surface area contributed by atoms with E-state index in [2.05, 4.69) is 5.32 Å². The van der Waals surface area contributed by atoms with E-state index in [0.29, 0.717) is 11.4 Å². The molecule has 1 heterocycles. The van der Waals surface area contributed by atoms with Gasteiger partial charge in [-0.05, 0) is 29.5 Å². The SMILES string of the molecule is CCCCOc1c(C(=O)NCc2cccc(Cl)c2)n(CC(OC)OC)cc(C(O)C(C)(C)C)c1=O. The van der Waals surface area contributed by atoms with Crippen LogP contribution in [0, 0.1) is 5.41 Å². The summed E-state index contributed by atoms with van der Waals surface area (Å²) in [6.45, 7) is 8.05. The second-order valence-electron chi connectivity index (χ2n) is 9.43. The molecule has 0 saturated carbocycles. The molecule has 1 amide bonds. The lowest BCUT2D eigenvalue weighted by Gasteiger charge is -2.28. The number of aliphatic hydroxyl groups excluding tert-OH is 1. The summed E-state index contributed by atoms with van der Waals surface area (Å²) in [6, 6.07) is 7.14. The Morgan fingerprint density at radius 3 is 2.49 bits per heavy atom. The molecule has 35 heavy (non-hydrogen) atoms. The van der Waals surface area contributed by atoms with Gasteiger partial charge in [-0.1, -0.05) is 57.8 Å². The lowest BCUT2D eigenvalue weighted by Crippen LogP contribution is -2.35. The highest BCUT2D eigenvalue weighted by molar-refractivity contribution is 6.30. The highest BCUT2D eigenvalue weighted by Gasteiger charge is 2.31. The fourth-order valence-electron chi connectivity index (χ4n) is 3.47. The van der Waals surface area contributed by atoms with Crippen LogP contribution in [-0.4, -0.2) is 42.7 Å². The number of carbonyl (C=O) groups is 1. The Morgan fingerprint density at radius 1 is 1.23 bits per heavy atom. The minimum absolute atomic E-state index is 0.0390. The van der Waals surface area contributed by atoms with Crippen LogP contribution in [0.3, 0.4) is 0 Å². The van der Waals surface area contributed by atoms with Crippen molar-refractivity contribution in [2.75, 3.05) is 20.8 Å². The Kier molecular flexibility index (Phi) is 10.8. The van der Waals surface area contributed by atoms with Gasteiger partial charge in [-0.3, -0.25) is 9.59 Å². The van der Waals surface area contributed by atoms with Crippen molar-refractivity contribution in [2.24, 2.45) is 5.41 Å². The Labute approximate surface area is 212 Å². The van der Waals surface area contributed by atoms with Crippen LogP contribution in [0.25, 0.3) is 0 Å². The van der Waals surface area contributed by atoms with E-state index >= 15 is 0 Å². The van der Waals surface area contributed by atoms with Crippen LogP contribution in [0.15, 0.2) is 35.3 Å². The van der Waals surface area contributed by atoms with Crippen molar-refractivity contribution < 1.29 is 24.1 Å². The lowest BCUT2D eigenvalue weighted by molar-refractivity contribution is -0.111. The number of aromatic nitrogens is 1. The van der Waals surface area contributed by atoms with Gasteiger partial charge in [0, 0.05) is 37.5 Å². The molecule has 8 nitrogen and oxygen atoms in total. The number of aliphatic hydroxyl groups is 1. The predicted molar refractivity (Wildman–Crippen MR) is 136 cm³/mol. The third-order valence-electron chi connectivity index (χ3n) is 5.55. The van der Waals surface area contributed by atoms with Crippen molar-refractivity contribution in [3.05, 3.63) is 62.5 Å². The first-order valence-electron chi connectivity index (χ1n) is 11.7. The molecule has 2 aromatic rings. The van der Waals surface area contributed by atoms with Crippen molar-refractivity contribution >= 4 is 17.5 Å². The lowest BCUT2D eigenvalue weighted by atomic mass is 9.85. The molecule has 0 radical (unpaired) electrons. The molecule has 0 aliphatic rings. The number of ether oxygens (including phenoxy) is 3. The van der Waals surface area contributed by atoms with E-state index in [0.717, 1.165) is 12.0 Å². The van der Waals surface area contributed by atoms with Crippen LogP contribution in [0.1, 0.15) is 68.3 Å². The van der Waals surface area contributed by atoms with Crippen molar-refractivity contribution in [3.8, 4) is 5.75 Å². The van der Waals surface area contributed by atoms with Gasteiger partial charge in [0.05, 0.1) is 19.3 Å². The fraction of sp³-hybridized carbons (Fsp3) is 0.538. The zero-order chi connectivity index (χ0) is 26.2. The maximum atomic E-state index is 13.5. The van der Waals surface area contributed by atoms with E-state index in [1.54, 1.807) is 22.8 Å². The number of amides is 1. The van der Waals surface area contributed by atoms with E-state index in [1.165, 1.54) is 20.4 Å². The number of halogens is 1. The molecule has 0 fully saturated rings. The Morgan fingerprint density at radius 2 is 1.91 bits per heavy atom. The van der Waals surface area contributed by atoms with E-state index in [4.69, 9.17) is 25.8 Å². The van der Waals surface area contributed by atoms with Gasteiger partial charge in [-0.25, -0.2) is 0 Å². The predicted octanol–water partition coefficient (Wildman–Crippen LogP) is 4.31. The first kappa shape index (κ1) is 28.8. The van der Waals surface area contributed by atoms with Gasteiger partial charge >= 0.3 is 0 Å². The summed E-state index contributed by atoms with van der Waals surface area (Å²) in [4.78, 5) is 27.0. The van der Waals surface area contributed by atoms with Crippen molar-refractivity contribution in [2.45, 2.75) is 66.0 Å². The highest BCUT2D eigenvalue weighted by Crippen LogP contribution is 2.32. The van der Waals surface area contributed by atoms with Gasteiger partial charge in [0.15, 0.2) is 17.7 Å². The van der Waals surface area contributed by atoms with E-state index in [1.807, 2.05) is 33.8 Å². The number of benzene rings is 1. The molecule has 1 aromatic carbocycles. The fourth-order valence-corrected chi connectivity index (χ4v) is 3.68. The number of carbonyl (C=O) groups excluding carboxylic acids is 1.